The van der Waals surface area contributed by atoms with Crippen LogP contribution in [-0.4, -0.2) is 11.7 Å². The third-order valence-electron chi connectivity index (χ3n) is 1.80. The average Bonchev–Trinajstić information content (AvgIpc) is 2.28. The zero-order valence-corrected chi connectivity index (χ0v) is 10.6. The molecule has 3 N–H and O–H groups in total. The fraction of sp³-hybridized carbons (Fsp3) is 0.0909. The number of primary amides is 1. The molecule has 0 saturated heterocycles. The maximum Gasteiger partial charge on any atom is 0.332 e. The summed E-state index contributed by atoms with van der Waals surface area (Å²) >= 11 is 11.6. The largest absolute Gasteiger partial charge is 0.350 e. The van der Waals surface area contributed by atoms with Crippen LogP contribution in [-0.2, 0) is 0 Å². The minimum atomic E-state index is -0.702. The van der Waals surface area contributed by atoms with Crippen molar-refractivity contribution in [3.05, 3.63) is 39.9 Å². The van der Waals surface area contributed by atoms with E-state index in [-0.39, 0.29) is 0 Å². The highest BCUT2D eigenvalue weighted by molar-refractivity contribution is 6.42. The molecule has 0 aliphatic heterocycles. The number of hydrogen-bond donors (Lipinski definition) is 2. The van der Waals surface area contributed by atoms with Gasteiger partial charge in [-0.3, -0.25) is 0 Å². The Morgan fingerprint density at radius 1 is 1.41 bits per heavy atom. The standard InChI is InChI=1S/C11H11Cl2N3O/c1-7(15-16-11(14)17)2-3-8-4-5-9(12)10(13)6-8/h2-6H,1H3,(H3,14,16,17)/b3-2-,15-7-. The summed E-state index contributed by atoms with van der Waals surface area (Å²) in [5.41, 5.74) is 8.49. The van der Waals surface area contributed by atoms with E-state index in [4.69, 9.17) is 28.9 Å². The summed E-state index contributed by atoms with van der Waals surface area (Å²) in [6.07, 6.45) is 3.51. The van der Waals surface area contributed by atoms with Crippen molar-refractivity contribution in [3.63, 3.8) is 0 Å². The van der Waals surface area contributed by atoms with Crippen molar-refractivity contribution in [2.75, 3.05) is 0 Å². The van der Waals surface area contributed by atoms with E-state index in [2.05, 4.69) is 10.5 Å². The van der Waals surface area contributed by atoms with Crippen molar-refractivity contribution in [3.8, 4) is 0 Å². The van der Waals surface area contributed by atoms with E-state index in [1.54, 1.807) is 31.2 Å². The monoisotopic (exact) mass is 271 g/mol. The second-order valence-electron chi connectivity index (χ2n) is 3.24. The molecule has 0 saturated carbocycles. The summed E-state index contributed by atoms with van der Waals surface area (Å²) in [6.45, 7) is 1.73. The quantitative estimate of drug-likeness (QED) is 0.644. The third-order valence-corrected chi connectivity index (χ3v) is 2.54. The molecule has 0 radical (unpaired) electrons. The van der Waals surface area contributed by atoms with Crippen molar-refractivity contribution < 1.29 is 4.79 Å². The van der Waals surface area contributed by atoms with Crippen LogP contribution in [0.15, 0.2) is 29.4 Å². The highest BCUT2D eigenvalue weighted by Crippen LogP contribution is 2.23. The Bertz CT molecular complexity index is 484. The Morgan fingerprint density at radius 2 is 2.12 bits per heavy atom. The summed E-state index contributed by atoms with van der Waals surface area (Å²) < 4.78 is 0. The SMILES string of the molecule is CC(/C=C\c1ccc(Cl)c(Cl)c1)=N/NC(N)=O. The number of hydrogen-bond acceptors (Lipinski definition) is 2. The number of nitrogens with one attached hydrogen (secondary N) is 1. The van der Waals surface area contributed by atoms with Crippen molar-refractivity contribution in [2.45, 2.75) is 6.92 Å². The van der Waals surface area contributed by atoms with E-state index >= 15 is 0 Å². The number of urea groups is 1. The van der Waals surface area contributed by atoms with Crippen LogP contribution in [0.2, 0.25) is 10.0 Å². The van der Waals surface area contributed by atoms with Gasteiger partial charge in [0.1, 0.15) is 0 Å². The van der Waals surface area contributed by atoms with Crippen LogP contribution in [0.4, 0.5) is 4.79 Å². The first-order valence-corrected chi connectivity index (χ1v) is 5.47. The minimum absolute atomic E-state index is 0.485. The zero-order valence-electron chi connectivity index (χ0n) is 9.08. The molecular weight excluding hydrogens is 261 g/mol. The van der Waals surface area contributed by atoms with Crippen LogP contribution < -0.4 is 11.2 Å². The number of amides is 2. The maximum absolute atomic E-state index is 10.4. The Hall–Kier alpha value is -1.52. The summed E-state index contributed by atoms with van der Waals surface area (Å²) in [5.74, 6) is 0. The lowest BCUT2D eigenvalue weighted by molar-refractivity contribution is 0.249. The smallest absolute Gasteiger partial charge is 0.332 e. The molecule has 0 bridgehead atoms. The van der Waals surface area contributed by atoms with Gasteiger partial charge in [-0.05, 0) is 30.7 Å². The van der Waals surface area contributed by atoms with Crippen LogP contribution in [0.5, 0.6) is 0 Å². The van der Waals surface area contributed by atoms with E-state index in [9.17, 15) is 4.79 Å². The molecule has 0 aliphatic rings. The molecule has 2 amide bonds. The van der Waals surface area contributed by atoms with E-state index in [1.807, 2.05) is 6.07 Å². The number of allylic oxidation sites excluding steroid dienone is 1. The first-order valence-electron chi connectivity index (χ1n) is 4.72. The van der Waals surface area contributed by atoms with Crippen molar-refractivity contribution in [1.29, 1.82) is 0 Å². The zero-order chi connectivity index (χ0) is 12.8. The number of halogens is 2. The third kappa shape index (κ3) is 4.89. The normalized spacial score (nSPS) is 11.8. The highest BCUT2D eigenvalue weighted by Gasteiger charge is 1.96. The lowest BCUT2D eigenvalue weighted by atomic mass is 10.2. The number of nitrogens with two attached hydrogens (primary N) is 1. The van der Waals surface area contributed by atoms with Crippen LogP contribution in [0.3, 0.4) is 0 Å². The van der Waals surface area contributed by atoms with Crippen molar-refractivity contribution in [2.24, 2.45) is 10.8 Å². The van der Waals surface area contributed by atoms with Gasteiger partial charge >= 0.3 is 6.03 Å². The number of rotatable bonds is 3. The molecule has 0 atom stereocenters. The first-order chi connectivity index (χ1) is 7.99. The van der Waals surface area contributed by atoms with E-state index in [1.165, 1.54) is 0 Å². The molecule has 0 heterocycles. The van der Waals surface area contributed by atoms with Gasteiger partial charge in [0.15, 0.2) is 0 Å². The molecule has 0 unspecified atom stereocenters. The van der Waals surface area contributed by atoms with Gasteiger partial charge in [0.2, 0.25) is 0 Å². The first kappa shape index (κ1) is 13.5. The summed E-state index contributed by atoms with van der Waals surface area (Å²) in [4.78, 5) is 10.4. The molecule has 0 aromatic heterocycles. The number of nitrogens with zero attached hydrogens (tertiary/aromatic N) is 1. The summed E-state index contributed by atoms with van der Waals surface area (Å²) in [5, 5.41) is 4.71. The summed E-state index contributed by atoms with van der Waals surface area (Å²) in [7, 11) is 0. The number of hydrazone groups is 1. The molecular formula is C11H11Cl2N3O. The summed E-state index contributed by atoms with van der Waals surface area (Å²) in [6, 6.07) is 4.55. The average molecular weight is 272 g/mol. The minimum Gasteiger partial charge on any atom is -0.350 e. The van der Waals surface area contributed by atoms with Gasteiger partial charge in [-0.1, -0.05) is 35.3 Å². The van der Waals surface area contributed by atoms with Gasteiger partial charge < -0.3 is 5.73 Å². The lowest BCUT2D eigenvalue weighted by Gasteiger charge is -1.98. The van der Waals surface area contributed by atoms with Gasteiger partial charge in [-0.2, -0.15) is 5.10 Å². The Morgan fingerprint density at radius 3 is 2.71 bits per heavy atom. The number of benzene rings is 1. The lowest BCUT2D eigenvalue weighted by Crippen LogP contribution is -2.25. The van der Waals surface area contributed by atoms with E-state index in [0.717, 1.165) is 5.56 Å². The highest BCUT2D eigenvalue weighted by atomic mass is 35.5. The van der Waals surface area contributed by atoms with Gasteiger partial charge in [-0.25, -0.2) is 10.2 Å². The van der Waals surface area contributed by atoms with Crippen LogP contribution in [0.1, 0.15) is 12.5 Å². The van der Waals surface area contributed by atoms with E-state index < -0.39 is 6.03 Å². The predicted molar refractivity (Wildman–Crippen MR) is 71.3 cm³/mol. The van der Waals surface area contributed by atoms with Gasteiger partial charge in [0, 0.05) is 0 Å². The Labute approximate surface area is 109 Å². The van der Waals surface area contributed by atoms with Gasteiger partial charge in [0.25, 0.3) is 0 Å². The van der Waals surface area contributed by atoms with Crippen molar-refractivity contribution in [1.82, 2.24) is 5.43 Å². The van der Waals surface area contributed by atoms with E-state index in [0.29, 0.717) is 15.8 Å². The second kappa shape index (κ2) is 6.27. The molecule has 17 heavy (non-hydrogen) atoms. The molecule has 1 aromatic carbocycles. The fourth-order valence-electron chi connectivity index (χ4n) is 1.01. The molecule has 0 aliphatic carbocycles. The molecule has 1 aromatic rings. The van der Waals surface area contributed by atoms with Crippen LogP contribution >= 0.6 is 23.2 Å². The number of carbonyl (C=O) groups excluding carboxylic acids is 1. The molecule has 4 nitrogen and oxygen atoms in total. The van der Waals surface area contributed by atoms with Gasteiger partial charge in [-0.15, -0.1) is 0 Å². The molecule has 1 rings (SSSR count). The molecule has 0 spiro atoms. The molecule has 90 valence electrons. The van der Waals surface area contributed by atoms with Crippen molar-refractivity contribution >= 4 is 41.0 Å². The van der Waals surface area contributed by atoms with Gasteiger partial charge in [0.05, 0.1) is 15.8 Å². The topological polar surface area (TPSA) is 67.5 Å². The van der Waals surface area contributed by atoms with Crippen LogP contribution in [0.25, 0.3) is 6.08 Å². The fourth-order valence-corrected chi connectivity index (χ4v) is 1.32. The number of carbonyl (C=O) groups is 1. The Balaban J connectivity index is 2.73. The maximum atomic E-state index is 10.4. The molecule has 0 fully saturated rings. The van der Waals surface area contributed by atoms with Crippen LogP contribution in [0, 0.1) is 0 Å². The molecule has 6 heteroatoms. The predicted octanol–water partition coefficient (Wildman–Crippen LogP) is 3.05. The second-order valence-corrected chi connectivity index (χ2v) is 4.05. The Kier molecular flexibility index (Phi) is 5.00.